The summed E-state index contributed by atoms with van der Waals surface area (Å²) in [4.78, 5) is 38.6. The Balaban J connectivity index is 1.35. The summed E-state index contributed by atoms with van der Waals surface area (Å²) < 4.78 is 5.79. The smallest absolute Gasteiger partial charge is 0.244 e. The first-order chi connectivity index (χ1) is 13.6. The zero-order valence-electron chi connectivity index (χ0n) is 15.1. The van der Waals surface area contributed by atoms with Gasteiger partial charge >= 0.3 is 0 Å². The molecule has 0 radical (unpaired) electrons. The number of carbonyl (C=O) groups excluding carboxylic acids is 3. The van der Waals surface area contributed by atoms with Crippen molar-refractivity contribution >= 4 is 45.3 Å². The first kappa shape index (κ1) is 16.7. The zero-order chi connectivity index (χ0) is 19.3. The molecule has 6 nitrogen and oxygen atoms in total. The van der Waals surface area contributed by atoms with E-state index in [1.54, 1.807) is 12.1 Å². The highest BCUT2D eigenvalue weighted by atomic mass is 16.3. The summed E-state index contributed by atoms with van der Waals surface area (Å²) in [7, 11) is 0. The summed E-state index contributed by atoms with van der Waals surface area (Å²) in [5, 5.41) is 4.66. The average Bonchev–Trinajstić information content (AvgIpc) is 3.19. The van der Waals surface area contributed by atoms with Gasteiger partial charge in [-0.05, 0) is 37.1 Å². The molecule has 2 heterocycles. The molecule has 1 aliphatic carbocycles. The molecule has 1 N–H and O–H groups in total. The van der Waals surface area contributed by atoms with E-state index in [9.17, 15) is 14.4 Å². The minimum atomic E-state index is -0.388. The molecule has 1 saturated heterocycles. The van der Waals surface area contributed by atoms with Crippen LogP contribution in [0.25, 0.3) is 21.9 Å². The lowest BCUT2D eigenvalue weighted by atomic mass is 9.85. The normalized spacial score (nSPS) is 21.5. The van der Waals surface area contributed by atoms with Gasteiger partial charge in [-0.2, -0.15) is 0 Å². The Hall–Kier alpha value is -3.41. The number of allylic oxidation sites excluding steroid dienone is 2. The van der Waals surface area contributed by atoms with Gasteiger partial charge in [0.1, 0.15) is 17.7 Å². The van der Waals surface area contributed by atoms with E-state index in [1.807, 2.05) is 42.5 Å². The number of fused-ring (bicyclic) bond motifs is 4. The van der Waals surface area contributed by atoms with Crippen molar-refractivity contribution < 1.29 is 18.8 Å². The molecular weight excluding hydrogens is 356 g/mol. The third-order valence-electron chi connectivity index (χ3n) is 5.56. The van der Waals surface area contributed by atoms with Crippen LogP contribution in [0.15, 0.2) is 59.0 Å². The Morgan fingerprint density at radius 1 is 0.964 bits per heavy atom. The lowest BCUT2D eigenvalue weighted by Crippen LogP contribution is -2.38. The summed E-state index contributed by atoms with van der Waals surface area (Å²) in [6.45, 7) is -0.255. The van der Waals surface area contributed by atoms with Crippen LogP contribution >= 0.6 is 0 Å². The molecule has 0 spiro atoms. The van der Waals surface area contributed by atoms with Gasteiger partial charge < -0.3 is 9.73 Å². The van der Waals surface area contributed by atoms with Gasteiger partial charge in [0.25, 0.3) is 0 Å². The van der Waals surface area contributed by atoms with Gasteiger partial charge in [-0.3, -0.25) is 19.3 Å². The van der Waals surface area contributed by atoms with Gasteiger partial charge in [0.15, 0.2) is 0 Å². The van der Waals surface area contributed by atoms with E-state index in [2.05, 4.69) is 5.32 Å². The largest absolute Gasteiger partial charge is 0.456 e. The number of hydrogen-bond acceptors (Lipinski definition) is 4. The molecule has 0 saturated carbocycles. The third-order valence-corrected chi connectivity index (χ3v) is 5.56. The van der Waals surface area contributed by atoms with E-state index >= 15 is 0 Å². The molecule has 1 aliphatic heterocycles. The number of anilines is 1. The molecule has 3 amide bonds. The number of hydrogen-bond donors (Lipinski definition) is 1. The summed E-state index contributed by atoms with van der Waals surface area (Å²) >= 11 is 0. The van der Waals surface area contributed by atoms with Crippen LogP contribution in [0.4, 0.5) is 5.69 Å². The number of furan rings is 1. The van der Waals surface area contributed by atoms with Crippen LogP contribution in [-0.2, 0) is 14.4 Å². The highest BCUT2D eigenvalue weighted by Gasteiger charge is 2.47. The van der Waals surface area contributed by atoms with Gasteiger partial charge in [-0.15, -0.1) is 0 Å². The molecule has 2 aliphatic rings. The fourth-order valence-electron chi connectivity index (χ4n) is 4.17. The molecule has 2 aromatic carbocycles. The third kappa shape index (κ3) is 2.60. The summed E-state index contributed by atoms with van der Waals surface area (Å²) in [6.07, 6.45) is 5.00. The van der Waals surface area contributed by atoms with Crippen molar-refractivity contribution in [1.82, 2.24) is 4.90 Å². The molecule has 3 aromatic rings. The number of nitrogens with one attached hydrogen (secondary N) is 1. The maximum absolute atomic E-state index is 12.5. The van der Waals surface area contributed by atoms with E-state index in [4.69, 9.17) is 4.42 Å². The Morgan fingerprint density at radius 3 is 2.39 bits per heavy atom. The molecule has 5 rings (SSSR count). The van der Waals surface area contributed by atoms with Crippen molar-refractivity contribution in [3.63, 3.8) is 0 Å². The minimum absolute atomic E-state index is 0.245. The predicted octanol–water partition coefficient (Wildman–Crippen LogP) is 3.48. The van der Waals surface area contributed by atoms with Crippen molar-refractivity contribution in [2.75, 3.05) is 11.9 Å². The van der Waals surface area contributed by atoms with Gasteiger partial charge in [0.05, 0.1) is 11.8 Å². The SMILES string of the molecule is O=C(CN1C(=O)C2CC=CCC2C1=O)Nc1ccc2oc3ccccc3c2c1. The van der Waals surface area contributed by atoms with Gasteiger partial charge in [-0.25, -0.2) is 0 Å². The second-order valence-corrected chi connectivity index (χ2v) is 7.28. The standard InChI is InChI=1S/C22H18N2O4/c25-20(12-24-21(26)15-6-1-2-7-16(15)22(24)27)23-13-9-10-19-17(11-13)14-5-3-4-8-18(14)28-19/h1-5,8-11,15-16H,6-7,12H2,(H,23,25). The molecule has 2 unspecified atom stereocenters. The lowest BCUT2D eigenvalue weighted by molar-refractivity contribution is -0.142. The van der Waals surface area contributed by atoms with Crippen LogP contribution in [0, 0.1) is 11.8 Å². The molecule has 1 fully saturated rings. The Kier molecular flexibility index (Phi) is 3.79. The number of amides is 3. The van der Waals surface area contributed by atoms with Crippen LogP contribution in [0.3, 0.4) is 0 Å². The number of benzene rings is 2. The molecular formula is C22H18N2O4. The van der Waals surface area contributed by atoms with E-state index in [1.165, 1.54) is 0 Å². The van der Waals surface area contributed by atoms with E-state index in [-0.39, 0.29) is 36.1 Å². The molecule has 28 heavy (non-hydrogen) atoms. The van der Waals surface area contributed by atoms with Gasteiger partial charge in [0.2, 0.25) is 17.7 Å². The average molecular weight is 374 g/mol. The number of imide groups is 1. The number of rotatable bonds is 3. The minimum Gasteiger partial charge on any atom is -0.456 e. The predicted molar refractivity (Wildman–Crippen MR) is 104 cm³/mol. The quantitative estimate of drug-likeness (QED) is 0.562. The van der Waals surface area contributed by atoms with Crippen molar-refractivity contribution in [2.24, 2.45) is 11.8 Å². The first-order valence-electron chi connectivity index (χ1n) is 9.33. The molecule has 140 valence electrons. The summed E-state index contributed by atoms with van der Waals surface area (Å²) in [6, 6.07) is 13.1. The Labute approximate surface area is 160 Å². The Morgan fingerprint density at radius 2 is 1.64 bits per heavy atom. The van der Waals surface area contributed by atoms with E-state index in [0.717, 1.165) is 26.8 Å². The highest BCUT2D eigenvalue weighted by Crippen LogP contribution is 2.35. The topological polar surface area (TPSA) is 79.6 Å². The van der Waals surface area contributed by atoms with Crippen molar-refractivity contribution in [1.29, 1.82) is 0 Å². The van der Waals surface area contributed by atoms with Crippen LogP contribution in [0.2, 0.25) is 0 Å². The number of likely N-dealkylation sites (tertiary alicyclic amines) is 1. The van der Waals surface area contributed by atoms with Crippen LogP contribution in [0.5, 0.6) is 0 Å². The van der Waals surface area contributed by atoms with Crippen LogP contribution < -0.4 is 5.32 Å². The maximum atomic E-state index is 12.5. The van der Waals surface area contributed by atoms with Gasteiger partial charge in [-0.1, -0.05) is 30.4 Å². The maximum Gasteiger partial charge on any atom is 0.244 e. The highest BCUT2D eigenvalue weighted by molar-refractivity contribution is 6.10. The Bertz CT molecular complexity index is 1130. The zero-order valence-corrected chi connectivity index (χ0v) is 15.1. The second kappa shape index (κ2) is 6.34. The molecule has 1 aromatic heterocycles. The fourth-order valence-corrected chi connectivity index (χ4v) is 4.17. The second-order valence-electron chi connectivity index (χ2n) is 7.28. The monoisotopic (exact) mass is 374 g/mol. The number of nitrogens with zero attached hydrogens (tertiary/aromatic N) is 1. The summed E-state index contributed by atoms with van der Waals surface area (Å²) in [5.74, 6) is -1.52. The van der Waals surface area contributed by atoms with Crippen molar-refractivity contribution in [2.45, 2.75) is 12.8 Å². The number of carbonyl (C=O) groups is 3. The van der Waals surface area contributed by atoms with Gasteiger partial charge in [0, 0.05) is 16.5 Å². The van der Waals surface area contributed by atoms with Crippen molar-refractivity contribution in [3.05, 3.63) is 54.6 Å². The molecule has 2 atom stereocenters. The van der Waals surface area contributed by atoms with Crippen LogP contribution in [-0.4, -0.2) is 29.2 Å². The fraction of sp³-hybridized carbons (Fsp3) is 0.227. The van der Waals surface area contributed by atoms with E-state index < -0.39 is 0 Å². The van der Waals surface area contributed by atoms with E-state index in [0.29, 0.717) is 18.5 Å². The first-order valence-corrected chi connectivity index (χ1v) is 9.33. The lowest BCUT2D eigenvalue weighted by Gasteiger charge is -2.14. The molecule has 0 bridgehead atoms. The molecule has 6 heteroatoms. The van der Waals surface area contributed by atoms with Crippen molar-refractivity contribution in [3.8, 4) is 0 Å². The number of para-hydroxylation sites is 1. The van der Waals surface area contributed by atoms with Crippen LogP contribution in [0.1, 0.15) is 12.8 Å². The summed E-state index contributed by atoms with van der Waals surface area (Å²) in [5.41, 5.74) is 2.12.